The number of hydrogen-bond acceptors (Lipinski definition) is 3. The van der Waals surface area contributed by atoms with Gasteiger partial charge in [0.2, 0.25) is 0 Å². The van der Waals surface area contributed by atoms with Gasteiger partial charge in [-0.05, 0) is 46.2 Å². The molecule has 3 nitrogen and oxygen atoms in total. The monoisotopic (exact) mass is 211 g/mol. The fourth-order valence-corrected chi connectivity index (χ4v) is 2.59. The molecule has 15 heavy (non-hydrogen) atoms. The topological polar surface area (TPSA) is 32.5 Å². The average Bonchev–Trinajstić information content (AvgIpc) is 2.17. The predicted molar refractivity (Wildman–Crippen MR) is 63.9 cm³/mol. The van der Waals surface area contributed by atoms with Crippen LogP contribution in [0.1, 0.15) is 32.6 Å². The Balaban J connectivity index is 1.71. The smallest absolute Gasteiger partial charge is 0.0192 e. The van der Waals surface area contributed by atoms with Crippen LogP contribution < -0.4 is 5.73 Å². The summed E-state index contributed by atoms with van der Waals surface area (Å²) >= 11 is 0. The Hall–Kier alpha value is -0.120. The fourth-order valence-electron chi connectivity index (χ4n) is 2.59. The van der Waals surface area contributed by atoms with Gasteiger partial charge >= 0.3 is 0 Å². The van der Waals surface area contributed by atoms with Gasteiger partial charge in [-0.2, -0.15) is 0 Å². The molecule has 0 bridgehead atoms. The summed E-state index contributed by atoms with van der Waals surface area (Å²) in [6.45, 7) is 7.16. The van der Waals surface area contributed by atoms with Gasteiger partial charge in [-0.15, -0.1) is 0 Å². The first-order valence-corrected chi connectivity index (χ1v) is 6.31. The first-order valence-electron chi connectivity index (χ1n) is 6.31. The molecule has 0 aromatic rings. The highest BCUT2D eigenvalue weighted by Gasteiger charge is 2.33. The molecule has 0 radical (unpaired) electrons. The lowest BCUT2D eigenvalue weighted by atomic mass is 9.75. The van der Waals surface area contributed by atoms with Crippen molar-refractivity contribution in [3.63, 3.8) is 0 Å². The van der Waals surface area contributed by atoms with Gasteiger partial charge in [0.05, 0.1) is 0 Å². The maximum absolute atomic E-state index is 6.24. The van der Waals surface area contributed by atoms with Crippen LogP contribution in [0.15, 0.2) is 0 Å². The quantitative estimate of drug-likeness (QED) is 0.752. The highest BCUT2D eigenvalue weighted by atomic mass is 15.3. The van der Waals surface area contributed by atoms with Crippen LogP contribution in [0.2, 0.25) is 0 Å². The van der Waals surface area contributed by atoms with E-state index in [1.54, 1.807) is 0 Å². The summed E-state index contributed by atoms with van der Waals surface area (Å²) in [5.74, 6) is 0. The summed E-state index contributed by atoms with van der Waals surface area (Å²) < 4.78 is 0. The third kappa shape index (κ3) is 2.71. The molecule has 3 heteroatoms. The van der Waals surface area contributed by atoms with E-state index in [1.807, 2.05) is 0 Å². The number of nitrogens with zero attached hydrogens (tertiary/aromatic N) is 2. The van der Waals surface area contributed by atoms with Crippen molar-refractivity contribution in [1.29, 1.82) is 0 Å². The second kappa shape index (κ2) is 4.40. The Morgan fingerprint density at radius 1 is 1.33 bits per heavy atom. The molecule has 0 spiro atoms. The Bertz CT molecular complexity index is 213. The maximum Gasteiger partial charge on any atom is 0.0192 e. The summed E-state index contributed by atoms with van der Waals surface area (Å²) in [4.78, 5) is 5.02. The van der Waals surface area contributed by atoms with Crippen LogP contribution in [0.5, 0.6) is 0 Å². The number of rotatable bonds is 3. The standard InChI is InChI=1S/C12H25N3/c1-11-10-15(9-8-14(11)2)7-6-12(13)4-3-5-12/h11H,3-10,13H2,1-2H3. The van der Waals surface area contributed by atoms with E-state index in [2.05, 4.69) is 23.8 Å². The average molecular weight is 211 g/mol. The van der Waals surface area contributed by atoms with Gasteiger partial charge in [0.15, 0.2) is 0 Å². The summed E-state index contributed by atoms with van der Waals surface area (Å²) in [6, 6.07) is 0.703. The van der Waals surface area contributed by atoms with Gasteiger partial charge in [0.1, 0.15) is 0 Å². The number of nitrogens with two attached hydrogens (primary N) is 1. The molecule has 88 valence electrons. The molecule has 2 fully saturated rings. The molecule has 0 aromatic carbocycles. The minimum Gasteiger partial charge on any atom is -0.325 e. The lowest BCUT2D eigenvalue weighted by molar-refractivity contribution is 0.0903. The predicted octanol–water partition coefficient (Wildman–Crippen LogP) is 0.894. The van der Waals surface area contributed by atoms with E-state index >= 15 is 0 Å². The molecule has 2 rings (SSSR count). The van der Waals surface area contributed by atoms with Crippen LogP contribution in [-0.2, 0) is 0 Å². The van der Waals surface area contributed by atoms with Crippen molar-refractivity contribution >= 4 is 0 Å². The van der Waals surface area contributed by atoms with Crippen molar-refractivity contribution in [1.82, 2.24) is 9.80 Å². The van der Waals surface area contributed by atoms with Crippen LogP contribution in [-0.4, -0.2) is 54.6 Å². The zero-order valence-corrected chi connectivity index (χ0v) is 10.2. The van der Waals surface area contributed by atoms with E-state index in [-0.39, 0.29) is 5.54 Å². The van der Waals surface area contributed by atoms with Gasteiger partial charge < -0.3 is 15.5 Å². The molecule has 1 aliphatic heterocycles. The normalized spacial score (nSPS) is 32.6. The van der Waals surface area contributed by atoms with E-state index in [4.69, 9.17) is 5.73 Å². The lowest BCUT2D eigenvalue weighted by Crippen LogP contribution is -2.53. The number of piperazine rings is 1. The van der Waals surface area contributed by atoms with Gasteiger partial charge in [0, 0.05) is 31.2 Å². The molecule has 2 N–H and O–H groups in total. The van der Waals surface area contributed by atoms with Gasteiger partial charge in [-0.3, -0.25) is 0 Å². The first-order chi connectivity index (χ1) is 7.09. The number of hydrogen-bond donors (Lipinski definition) is 1. The number of likely N-dealkylation sites (N-methyl/N-ethyl adjacent to an activating group) is 1. The molecule has 2 aliphatic rings. The van der Waals surface area contributed by atoms with Crippen molar-refractivity contribution in [2.45, 2.75) is 44.2 Å². The Morgan fingerprint density at radius 2 is 2.07 bits per heavy atom. The van der Waals surface area contributed by atoms with E-state index in [9.17, 15) is 0 Å². The van der Waals surface area contributed by atoms with E-state index < -0.39 is 0 Å². The second-order valence-electron chi connectivity index (χ2n) is 5.60. The minimum absolute atomic E-state index is 0.201. The third-order valence-electron chi connectivity index (χ3n) is 4.32. The zero-order valence-electron chi connectivity index (χ0n) is 10.2. The van der Waals surface area contributed by atoms with Crippen molar-refractivity contribution in [2.75, 3.05) is 33.2 Å². The molecular formula is C12H25N3. The summed E-state index contributed by atoms with van der Waals surface area (Å²) in [6.07, 6.45) is 5.03. The van der Waals surface area contributed by atoms with Crippen LogP contribution in [0, 0.1) is 0 Å². The summed E-state index contributed by atoms with van der Waals surface area (Å²) in [5.41, 5.74) is 6.45. The third-order valence-corrected chi connectivity index (χ3v) is 4.32. The largest absolute Gasteiger partial charge is 0.325 e. The highest BCUT2D eigenvalue weighted by Crippen LogP contribution is 2.32. The van der Waals surface area contributed by atoms with Crippen molar-refractivity contribution < 1.29 is 0 Å². The lowest BCUT2D eigenvalue weighted by Gasteiger charge is -2.42. The van der Waals surface area contributed by atoms with Gasteiger partial charge in [-0.25, -0.2) is 0 Å². The van der Waals surface area contributed by atoms with Gasteiger partial charge in [0.25, 0.3) is 0 Å². The molecule has 1 unspecified atom stereocenters. The van der Waals surface area contributed by atoms with Crippen LogP contribution in [0.25, 0.3) is 0 Å². The molecule has 0 aromatic heterocycles. The minimum atomic E-state index is 0.201. The van der Waals surface area contributed by atoms with Crippen LogP contribution in [0.3, 0.4) is 0 Å². The molecule has 1 heterocycles. The molecule has 1 aliphatic carbocycles. The zero-order chi connectivity index (χ0) is 10.9. The van der Waals surface area contributed by atoms with E-state index in [0.717, 1.165) is 0 Å². The fraction of sp³-hybridized carbons (Fsp3) is 1.00. The Labute approximate surface area is 93.6 Å². The van der Waals surface area contributed by atoms with Gasteiger partial charge in [-0.1, -0.05) is 0 Å². The van der Waals surface area contributed by atoms with E-state index in [1.165, 1.54) is 51.9 Å². The van der Waals surface area contributed by atoms with Crippen LogP contribution >= 0.6 is 0 Å². The van der Waals surface area contributed by atoms with Crippen molar-refractivity contribution in [3.8, 4) is 0 Å². The molecular weight excluding hydrogens is 186 g/mol. The van der Waals surface area contributed by atoms with Crippen molar-refractivity contribution in [2.24, 2.45) is 5.73 Å². The molecule has 0 amide bonds. The highest BCUT2D eigenvalue weighted by molar-refractivity contribution is 4.93. The summed E-state index contributed by atoms with van der Waals surface area (Å²) in [5, 5.41) is 0. The first kappa shape index (κ1) is 11.4. The SMILES string of the molecule is CC1CN(CCC2(N)CCC2)CCN1C. The summed E-state index contributed by atoms with van der Waals surface area (Å²) in [7, 11) is 2.22. The molecule has 1 saturated carbocycles. The molecule has 1 atom stereocenters. The van der Waals surface area contributed by atoms with E-state index in [0.29, 0.717) is 6.04 Å². The van der Waals surface area contributed by atoms with Crippen LogP contribution in [0.4, 0.5) is 0 Å². The second-order valence-corrected chi connectivity index (χ2v) is 5.60. The Kier molecular flexibility index (Phi) is 3.33. The molecule has 1 saturated heterocycles. The van der Waals surface area contributed by atoms with Crippen molar-refractivity contribution in [3.05, 3.63) is 0 Å². The Morgan fingerprint density at radius 3 is 2.60 bits per heavy atom. The maximum atomic E-state index is 6.24.